The molecule has 88 valence electrons. The topological polar surface area (TPSA) is 60.2 Å². The van der Waals surface area contributed by atoms with E-state index in [1.165, 1.54) is 0 Å². The molecule has 17 heavy (non-hydrogen) atoms. The van der Waals surface area contributed by atoms with E-state index in [2.05, 4.69) is 26.2 Å². The van der Waals surface area contributed by atoms with E-state index in [4.69, 9.17) is 10.5 Å². The second-order valence-corrected chi connectivity index (χ2v) is 4.30. The summed E-state index contributed by atoms with van der Waals surface area (Å²) in [7, 11) is 1.64. The molecule has 0 aliphatic rings. The van der Waals surface area contributed by atoms with Gasteiger partial charge < -0.3 is 15.8 Å². The van der Waals surface area contributed by atoms with Crippen molar-refractivity contribution in [2.75, 3.05) is 18.2 Å². The summed E-state index contributed by atoms with van der Waals surface area (Å²) < 4.78 is 6.12. The normalized spacial score (nSPS) is 10.0. The number of nitrogens with two attached hydrogens (primary N) is 1. The van der Waals surface area contributed by atoms with Crippen LogP contribution in [0.1, 0.15) is 0 Å². The smallest absolute Gasteiger partial charge is 0.123 e. The maximum Gasteiger partial charge on any atom is 0.123 e. The Morgan fingerprint density at radius 2 is 2.12 bits per heavy atom. The highest BCUT2D eigenvalue weighted by Crippen LogP contribution is 2.29. The van der Waals surface area contributed by atoms with Gasteiger partial charge >= 0.3 is 0 Å². The first-order chi connectivity index (χ1) is 8.19. The predicted molar refractivity (Wildman–Crippen MR) is 72.6 cm³/mol. The molecule has 1 aromatic heterocycles. The van der Waals surface area contributed by atoms with Gasteiger partial charge in [0.05, 0.1) is 24.7 Å². The minimum atomic E-state index is 0.500. The molecular formula is C12H12BrN3O. The second kappa shape index (κ2) is 5.05. The molecule has 0 bridgehead atoms. The van der Waals surface area contributed by atoms with Crippen LogP contribution < -0.4 is 15.8 Å². The maximum atomic E-state index is 5.53. The Morgan fingerprint density at radius 3 is 2.76 bits per heavy atom. The van der Waals surface area contributed by atoms with Gasteiger partial charge in [-0.25, -0.2) is 4.98 Å². The van der Waals surface area contributed by atoms with Crippen molar-refractivity contribution >= 4 is 33.1 Å². The molecule has 1 heterocycles. The minimum absolute atomic E-state index is 0.500. The van der Waals surface area contributed by atoms with Crippen LogP contribution in [-0.4, -0.2) is 12.1 Å². The van der Waals surface area contributed by atoms with Gasteiger partial charge in [-0.1, -0.05) is 0 Å². The molecule has 2 rings (SSSR count). The molecule has 2 aromatic rings. The Morgan fingerprint density at radius 1 is 1.29 bits per heavy atom. The number of ether oxygens (including phenoxy) is 1. The van der Waals surface area contributed by atoms with Gasteiger partial charge in [0.2, 0.25) is 0 Å². The summed E-state index contributed by atoms with van der Waals surface area (Å²) in [6.45, 7) is 0. The molecule has 0 spiro atoms. The third-order valence-electron chi connectivity index (χ3n) is 2.24. The molecule has 4 nitrogen and oxygen atoms in total. The van der Waals surface area contributed by atoms with Crippen LogP contribution in [-0.2, 0) is 0 Å². The number of hydrogen-bond donors (Lipinski definition) is 2. The lowest BCUT2D eigenvalue weighted by atomic mass is 10.3. The lowest BCUT2D eigenvalue weighted by Gasteiger charge is -2.10. The summed E-state index contributed by atoms with van der Waals surface area (Å²) in [4.78, 5) is 4.02. The number of pyridine rings is 1. The summed E-state index contributed by atoms with van der Waals surface area (Å²) in [5.74, 6) is 1.29. The van der Waals surface area contributed by atoms with Crippen LogP contribution in [0.2, 0.25) is 0 Å². The van der Waals surface area contributed by atoms with Crippen LogP contribution in [0.15, 0.2) is 41.0 Å². The molecule has 0 saturated carbocycles. The van der Waals surface area contributed by atoms with E-state index in [0.29, 0.717) is 5.82 Å². The number of aromatic nitrogens is 1. The first-order valence-electron chi connectivity index (χ1n) is 5.01. The van der Waals surface area contributed by atoms with E-state index in [-0.39, 0.29) is 0 Å². The summed E-state index contributed by atoms with van der Waals surface area (Å²) in [5, 5.41) is 3.23. The van der Waals surface area contributed by atoms with Crippen LogP contribution in [0.5, 0.6) is 5.75 Å². The Kier molecular flexibility index (Phi) is 3.49. The molecule has 0 aliphatic carbocycles. The van der Waals surface area contributed by atoms with Crippen LogP contribution in [0.3, 0.4) is 0 Å². The van der Waals surface area contributed by atoms with Gasteiger partial charge in [0.1, 0.15) is 11.6 Å². The number of methoxy groups -OCH3 is 1. The largest absolute Gasteiger partial charge is 0.497 e. The zero-order valence-electron chi connectivity index (χ0n) is 9.27. The van der Waals surface area contributed by atoms with Crippen molar-refractivity contribution in [2.24, 2.45) is 0 Å². The lowest BCUT2D eigenvalue weighted by molar-refractivity contribution is 0.415. The van der Waals surface area contributed by atoms with E-state index in [0.717, 1.165) is 21.6 Å². The monoisotopic (exact) mass is 293 g/mol. The van der Waals surface area contributed by atoms with E-state index in [1.807, 2.05) is 24.3 Å². The highest BCUT2D eigenvalue weighted by Gasteiger charge is 2.02. The van der Waals surface area contributed by atoms with Crippen molar-refractivity contribution in [3.05, 3.63) is 41.0 Å². The van der Waals surface area contributed by atoms with Gasteiger partial charge in [-0.3, -0.25) is 0 Å². The zero-order valence-corrected chi connectivity index (χ0v) is 10.9. The number of nitrogens with zero attached hydrogens (tertiary/aromatic N) is 1. The van der Waals surface area contributed by atoms with E-state index in [9.17, 15) is 0 Å². The van der Waals surface area contributed by atoms with Crippen LogP contribution in [0, 0.1) is 0 Å². The fraction of sp³-hybridized carbons (Fsp3) is 0.0833. The second-order valence-electron chi connectivity index (χ2n) is 3.44. The number of nitrogen functional groups attached to an aromatic ring is 1. The quantitative estimate of drug-likeness (QED) is 0.912. The average molecular weight is 294 g/mol. The van der Waals surface area contributed by atoms with Crippen LogP contribution in [0.25, 0.3) is 0 Å². The first-order valence-corrected chi connectivity index (χ1v) is 5.80. The molecule has 0 fully saturated rings. The van der Waals surface area contributed by atoms with E-state index < -0.39 is 0 Å². The number of rotatable bonds is 3. The lowest BCUT2D eigenvalue weighted by Crippen LogP contribution is -1.95. The molecule has 1 aromatic carbocycles. The molecule has 0 aliphatic heterocycles. The number of nitrogens with one attached hydrogen (secondary N) is 1. The molecular weight excluding hydrogens is 282 g/mol. The summed E-state index contributed by atoms with van der Waals surface area (Å²) in [5.41, 5.74) is 7.31. The summed E-state index contributed by atoms with van der Waals surface area (Å²) in [6.07, 6.45) is 1.68. The molecule has 0 radical (unpaired) electrons. The molecule has 3 N–H and O–H groups in total. The van der Waals surface area contributed by atoms with E-state index >= 15 is 0 Å². The Bertz CT molecular complexity index is 514. The molecule has 0 saturated heterocycles. The summed E-state index contributed by atoms with van der Waals surface area (Å²) >= 11 is 3.47. The number of anilines is 3. The van der Waals surface area contributed by atoms with Crippen molar-refractivity contribution in [3.8, 4) is 5.75 Å². The fourth-order valence-corrected chi connectivity index (χ4v) is 1.71. The SMILES string of the molecule is COc1ccc(Br)c(Nc2ccc(N)nc2)c1. The van der Waals surface area contributed by atoms with Gasteiger partial charge in [0.15, 0.2) is 0 Å². The van der Waals surface area contributed by atoms with Crippen molar-refractivity contribution in [2.45, 2.75) is 0 Å². The summed E-state index contributed by atoms with van der Waals surface area (Å²) in [6, 6.07) is 9.33. The Hall–Kier alpha value is -1.75. The van der Waals surface area contributed by atoms with Gasteiger partial charge in [0, 0.05) is 10.5 Å². The number of halogens is 1. The maximum absolute atomic E-state index is 5.53. The Balaban J connectivity index is 2.25. The van der Waals surface area contributed by atoms with Crippen molar-refractivity contribution in [1.29, 1.82) is 0 Å². The number of benzene rings is 1. The van der Waals surface area contributed by atoms with Crippen LogP contribution in [0.4, 0.5) is 17.2 Å². The molecule has 5 heteroatoms. The molecule has 0 amide bonds. The van der Waals surface area contributed by atoms with Crippen molar-refractivity contribution in [1.82, 2.24) is 4.98 Å². The molecule has 0 unspecified atom stereocenters. The fourth-order valence-electron chi connectivity index (χ4n) is 1.36. The van der Waals surface area contributed by atoms with Gasteiger partial charge in [0.25, 0.3) is 0 Å². The third-order valence-corrected chi connectivity index (χ3v) is 2.93. The van der Waals surface area contributed by atoms with Crippen LogP contribution >= 0.6 is 15.9 Å². The minimum Gasteiger partial charge on any atom is -0.497 e. The first kappa shape index (κ1) is 11.7. The molecule has 0 atom stereocenters. The predicted octanol–water partition coefficient (Wildman–Crippen LogP) is 3.18. The average Bonchev–Trinajstić information content (AvgIpc) is 2.35. The number of hydrogen-bond acceptors (Lipinski definition) is 4. The standard InChI is InChI=1S/C12H12BrN3O/c1-17-9-3-4-10(13)11(6-9)16-8-2-5-12(14)15-7-8/h2-7,16H,1H3,(H2,14,15). The highest BCUT2D eigenvalue weighted by molar-refractivity contribution is 9.10. The van der Waals surface area contributed by atoms with Crippen molar-refractivity contribution < 1.29 is 4.74 Å². The zero-order chi connectivity index (χ0) is 12.3. The van der Waals surface area contributed by atoms with E-state index in [1.54, 1.807) is 19.4 Å². The van der Waals surface area contributed by atoms with Gasteiger partial charge in [-0.15, -0.1) is 0 Å². The van der Waals surface area contributed by atoms with Crippen molar-refractivity contribution in [3.63, 3.8) is 0 Å². The third kappa shape index (κ3) is 2.88. The highest BCUT2D eigenvalue weighted by atomic mass is 79.9. The van der Waals surface area contributed by atoms with Gasteiger partial charge in [-0.2, -0.15) is 0 Å². The Labute approximate surface area is 108 Å². The van der Waals surface area contributed by atoms with Gasteiger partial charge in [-0.05, 0) is 40.2 Å².